The van der Waals surface area contributed by atoms with Crippen molar-refractivity contribution in [2.75, 3.05) is 0 Å². The van der Waals surface area contributed by atoms with Gasteiger partial charge in [0.05, 0.1) is 5.56 Å². The molecule has 0 spiro atoms. The van der Waals surface area contributed by atoms with E-state index >= 15 is 0 Å². The minimum absolute atomic E-state index is 0.0775. The van der Waals surface area contributed by atoms with Crippen molar-refractivity contribution in [2.24, 2.45) is 0 Å². The van der Waals surface area contributed by atoms with Gasteiger partial charge in [0.25, 0.3) is 0 Å². The lowest BCUT2D eigenvalue weighted by molar-refractivity contribution is 0.0696. The number of carboxylic acids is 1. The van der Waals surface area contributed by atoms with Gasteiger partial charge in [0.2, 0.25) is 0 Å². The minimum atomic E-state index is -1.15. The Hall–Kier alpha value is -2.36. The molecule has 0 radical (unpaired) electrons. The van der Waals surface area contributed by atoms with E-state index in [0.29, 0.717) is 5.56 Å². The van der Waals surface area contributed by atoms with Crippen LogP contribution in [0.1, 0.15) is 32.6 Å². The summed E-state index contributed by atoms with van der Waals surface area (Å²) in [5.74, 6) is -0.971. The Balaban J connectivity index is 2.25. The fraction of sp³-hybridized carbons (Fsp3) is 0.235. The highest BCUT2D eigenvalue weighted by Crippen LogP contribution is 2.26. The SMILES string of the molecule is Cc1ccc(C)c(OCc2cc(F)cc(C(=O)O)c2)c1C. The molecule has 0 aliphatic heterocycles. The lowest BCUT2D eigenvalue weighted by Crippen LogP contribution is -2.03. The topological polar surface area (TPSA) is 46.5 Å². The first-order chi connectivity index (χ1) is 9.88. The summed E-state index contributed by atoms with van der Waals surface area (Å²) in [7, 11) is 0. The standard InChI is InChI=1S/C17H17FO3/c1-10-4-5-11(2)16(12(10)3)21-9-13-6-14(17(19)20)8-15(18)7-13/h4-8H,9H2,1-3H3,(H,19,20). The lowest BCUT2D eigenvalue weighted by Gasteiger charge is -2.14. The van der Waals surface area contributed by atoms with E-state index in [1.165, 1.54) is 12.1 Å². The second kappa shape index (κ2) is 5.95. The molecule has 0 atom stereocenters. The van der Waals surface area contributed by atoms with E-state index in [9.17, 15) is 9.18 Å². The van der Waals surface area contributed by atoms with Crippen LogP contribution < -0.4 is 4.74 Å². The second-order valence-electron chi connectivity index (χ2n) is 5.10. The van der Waals surface area contributed by atoms with Gasteiger partial charge in [0.15, 0.2) is 0 Å². The van der Waals surface area contributed by atoms with Gasteiger partial charge in [-0.1, -0.05) is 12.1 Å². The third-order valence-electron chi connectivity index (χ3n) is 3.46. The number of carboxylic acid groups (broad SMARTS) is 1. The highest BCUT2D eigenvalue weighted by Gasteiger charge is 2.10. The molecule has 0 aliphatic carbocycles. The van der Waals surface area contributed by atoms with E-state index in [1.54, 1.807) is 0 Å². The number of hydrogen-bond acceptors (Lipinski definition) is 2. The maximum absolute atomic E-state index is 13.4. The molecule has 0 saturated carbocycles. The average Bonchev–Trinajstić information content (AvgIpc) is 2.42. The zero-order valence-corrected chi connectivity index (χ0v) is 12.2. The normalized spacial score (nSPS) is 10.5. The molecule has 0 fully saturated rings. The Bertz CT molecular complexity index is 693. The highest BCUT2D eigenvalue weighted by molar-refractivity contribution is 5.87. The molecule has 21 heavy (non-hydrogen) atoms. The Morgan fingerprint density at radius 1 is 1.14 bits per heavy atom. The monoisotopic (exact) mass is 288 g/mol. The van der Waals surface area contributed by atoms with E-state index in [-0.39, 0.29) is 12.2 Å². The third-order valence-corrected chi connectivity index (χ3v) is 3.46. The maximum atomic E-state index is 13.4. The summed E-state index contributed by atoms with van der Waals surface area (Å²) in [6.07, 6.45) is 0. The van der Waals surface area contributed by atoms with E-state index < -0.39 is 11.8 Å². The fourth-order valence-corrected chi connectivity index (χ4v) is 2.16. The predicted octanol–water partition coefficient (Wildman–Crippen LogP) is 4.03. The van der Waals surface area contributed by atoms with Crippen LogP contribution in [-0.2, 0) is 6.61 Å². The zero-order valence-electron chi connectivity index (χ0n) is 12.2. The van der Waals surface area contributed by atoms with E-state index in [0.717, 1.165) is 28.5 Å². The Morgan fingerprint density at radius 3 is 2.48 bits per heavy atom. The summed E-state index contributed by atoms with van der Waals surface area (Å²) in [5, 5.41) is 8.94. The van der Waals surface area contributed by atoms with Crippen molar-refractivity contribution in [1.82, 2.24) is 0 Å². The van der Waals surface area contributed by atoms with Crippen LogP contribution in [0.3, 0.4) is 0 Å². The molecule has 3 nitrogen and oxygen atoms in total. The summed E-state index contributed by atoms with van der Waals surface area (Å²) in [6, 6.07) is 7.68. The van der Waals surface area contributed by atoms with Crippen LogP contribution in [-0.4, -0.2) is 11.1 Å². The number of hydrogen-bond donors (Lipinski definition) is 1. The maximum Gasteiger partial charge on any atom is 0.335 e. The van der Waals surface area contributed by atoms with Crippen molar-refractivity contribution >= 4 is 5.97 Å². The summed E-state index contributed by atoms with van der Waals surface area (Å²) in [6.45, 7) is 6.03. The molecule has 0 unspecified atom stereocenters. The summed E-state index contributed by atoms with van der Waals surface area (Å²) < 4.78 is 19.2. The summed E-state index contributed by atoms with van der Waals surface area (Å²) in [4.78, 5) is 10.9. The quantitative estimate of drug-likeness (QED) is 0.924. The Morgan fingerprint density at radius 2 is 1.81 bits per heavy atom. The van der Waals surface area contributed by atoms with Crippen LogP contribution >= 0.6 is 0 Å². The van der Waals surface area contributed by atoms with Crippen molar-refractivity contribution in [3.63, 3.8) is 0 Å². The Labute approximate surface area is 123 Å². The summed E-state index contributed by atoms with van der Waals surface area (Å²) >= 11 is 0. The van der Waals surface area contributed by atoms with Gasteiger partial charge in [-0.3, -0.25) is 0 Å². The van der Waals surface area contributed by atoms with Gasteiger partial charge in [-0.05, 0) is 61.2 Å². The van der Waals surface area contributed by atoms with Gasteiger partial charge < -0.3 is 9.84 Å². The van der Waals surface area contributed by atoms with Crippen LogP contribution in [0.25, 0.3) is 0 Å². The highest BCUT2D eigenvalue weighted by atomic mass is 19.1. The fourth-order valence-electron chi connectivity index (χ4n) is 2.16. The molecule has 0 amide bonds. The number of ether oxygens (including phenoxy) is 1. The number of halogens is 1. The van der Waals surface area contributed by atoms with Crippen LogP contribution in [0.15, 0.2) is 30.3 Å². The number of aryl methyl sites for hydroxylation is 2. The molecule has 0 saturated heterocycles. The molecular formula is C17H17FO3. The predicted molar refractivity (Wildman–Crippen MR) is 78.3 cm³/mol. The minimum Gasteiger partial charge on any atom is -0.488 e. The van der Waals surface area contributed by atoms with Crippen molar-refractivity contribution in [2.45, 2.75) is 27.4 Å². The molecule has 110 valence electrons. The van der Waals surface area contributed by atoms with Crippen molar-refractivity contribution in [3.8, 4) is 5.75 Å². The molecule has 1 N–H and O–H groups in total. The first-order valence-corrected chi connectivity index (χ1v) is 6.61. The molecule has 0 bridgehead atoms. The molecule has 0 heterocycles. The van der Waals surface area contributed by atoms with Crippen LogP contribution in [0, 0.1) is 26.6 Å². The summed E-state index contributed by atoms with van der Waals surface area (Å²) in [5.41, 5.74) is 3.55. The van der Waals surface area contributed by atoms with Crippen molar-refractivity contribution in [1.29, 1.82) is 0 Å². The first-order valence-electron chi connectivity index (χ1n) is 6.61. The van der Waals surface area contributed by atoms with E-state index in [1.807, 2.05) is 32.9 Å². The zero-order chi connectivity index (χ0) is 15.6. The molecule has 2 aromatic carbocycles. The number of carbonyl (C=O) groups is 1. The molecule has 2 aromatic rings. The molecule has 4 heteroatoms. The molecular weight excluding hydrogens is 271 g/mol. The van der Waals surface area contributed by atoms with Crippen LogP contribution in [0.2, 0.25) is 0 Å². The van der Waals surface area contributed by atoms with E-state index in [2.05, 4.69) is 0 Å². The molecule has 0 aliphatic rings. The van der Waals surface area contributed by atoms with Gasteiger partial charge in [0, 0.05) is 0 Å². The smallest absolute Gasteiger partial charge is 0.335 e. The molecule has 0 aromatic heterocycles. The number of benzene rings is 2. The third kappa shape index (κ3) is 3.40. The van der Waals surface area contributed by atoms with E-state index in [4.69, 9.17) is 9.84 Å². The van der Waals surface area contributed by atoms with Gasteiger partial charge in [-0.2, -0.15) is 0 Å². The van der Waals surface area contributed by atoms with Crippen LogP contribution in [0.4, 0.5) is 4.39 Å². The van der Waals surface area contributed by atoms with Gasteiger partial charge >= 0.3 is 5.97 Å². The molecule has 2 rings (SSSR count). The van der Waals surface area contributed by atoms with Gasteiger partial charge in [-0.15, -0.1) is 0 Å². The van der Waals surface area contributed by atoms with Crippen LogP contribution in [0.5, 0.6) is 5.75 Å². The number of rotatable bonds is 4. The largest absolute Gasteiger partial charge is 0.488 e. The average molecular weight is 288 g/mol. The Kier molecular flexibility index (Phi) is 4.26. The van der Waals surface area contributed by atoms with Crippen molar-refractivity contribution in [3.05, 3.63) is 64.0 Å². The first kappa shape index (κ1) is 15.0. The van der Waals surface area contributed by atoms with Gasteiger partial charge in [0.1, 0.15) is 18.2 Å². The van der Waals surface area contributed by atoms with Crippen molar-refractivity contribution < 1.29 is 19.0 Å². The second-order valence-corrected chi connectivity index (χ2v) is 5.10. The van der Waals surface area contributed by atoms with Gasteiger partial charge in [-0.25, -0.2) is 9.18 Å². The lowest BCUT2D eigenvalue weighted by atomic mass is 10.1. The number of aromatic carboxylic acids is 1.